The number of benzene rings is 1. The Morgan fingerprint density at radius 2 is 1.94 bits per heavy atom. The van der Waals surface area contributed by atoms with Crippen LogP contribution < -0.4 is 15.1 Å². The van der Waals surface area contributed by atoms with Crippen molar-refractivity contribution in [3.63, 3.8) is 0 Å². The lowest BCUT2D eigenvalue weighted by atomic mass is 9.89. The Balaban J connectivity index is 1.60. The van der Waals surface area contributed by atoms with Gasteiger partial charge < -0.3 is 15.2 Å². The number of alkyl halides is 5. The van der Waals surface area contributed by atoms with Gasteiger partial charge in [-0.05, 0) is 55.3 Å². The highest BCUT2D eigenvalue weighted by molar-refractivity contribution is 6.14. The summed E-state index contributed by atoms with van der Waals surface area (Å²) in [5.74, 6) is -4.38. The molecule has 186 valence electrons. The number of halogens is 5. The normalized spacial score (nSPS) is 22.2. The van der Waals surface area contributed by atoms with Crippen molar-refractivity contribution in [3.05, 3.63) is 66.0 Å². The van der Waals surface area contributed by atoms with E-state index in [0.717, 1.165) is 12.1 Å². The molecule has 0 radical (unpaired) electrons. The molecule has 12 heteroatoms. The second kappa shape index (κ2) is 9.61. The molecule has 1 aliphatic carbocycles. The molecule has 1 aromatic carbocycles. The Kier molecular flexibility index (Phi) is 6.75. The van der Waals surface area contributed by atoms with Crippen LogP contribution in [0.1, 0.15) is 24.8 Å². The van der Waals surface area contributed by atoms with E-state index in [1.807, 2.05) is 0 Å². The molecule has 1 fully saturated rings. The first-order valence-electron chi connectivity index (χ1n) is 10.7. The van der Waals surface area contributed by atoms with E-state index in [4.69, 9.17) is 0 Å². The topological polar surface area (TPSA) is 87.0 Å². The van der Waals surface area contributed by atoms with Crippen LogP contribution in [0.3, 0.4) is 0 Å². The van der Waals surface area contributed by atoms with Crippen LogP contribution in [0.25, 0.3) is 0 Å². The predicted octanol–water partition coefficient (Wildman–Crippen LogP) is 3.80. The van der Waals surface area contributed by atoms with Gasteiger partial charge in [0.2, 0.25) is 5.91 Å². The summed E-state index contributed by atoms with van der Waals surface area (Å²) in [6, 6.07) is 7.16. The van der Waals surface area contributed by atoms with Crippen LogP contribution in [0.15, 0.2) is 65.5 Å². The number of nitrogens with zero attached hydrogens (tertiary/aromatic N) is 3. The molecule has 35 heavy (non-hydrogen) atoms. The zero-order valence-electron chi connectivity index (χ0n) is 18.2. The molecule has 0 saturated heterocycles. The Hall–Kier alpha value is -3.54. The summed E-state index contributed by atoms with van der Waals surface area (Å²) in [7, 11) is 0. The van der Waals surface area contributed by atoms with E-state index in [-0.39, 0.29) is 30.7 Å². The minimum atomic E-state index is -4.84. The number of carbonyl (C=O) groups excluding carboxylic acids is 1. The van der Waals surface area contributed by atoms with Gasteiger partial charge in [0, 0.05) is 23.8 Å². The van der Waals surface area contributed by atoms with Crippen LogP contribution >= 0.6 is 0 Å². The van der Waals surface area contributed by atoms with E-state index in [2.05, 4.69) is 20.1 Å². The number of anilines is 1. The fourth-order valence-electron chi connectivity index (χ4n) is 3.90. The smallest absolute Gasteiger partial charge is 0.406 e. The van der Waals surface area contributed by atoms with Crippen molar-refractivity contribution in [1.82, 2.24) is 10.3 Å². The first kappa shape index (κ1) is 24.6. The molecule has 1 amide bonds. The summed E-state index contributed by atoms with van der Waals surface area (Å²) >= 11 is 0. The lowest BCUT2D eigenvalue weighted by molar-refractivity contribution is -0.274. The largest absolute Gasteiger partial charge is 0.573 e. The molecule has 1 aliphatic heterocycles. The molecule has 0 unspecified atom stereocenters. The van der Waals surface area contributed by atoms with E-state index in [0.29, 0.717) is 11.3 Å². The third kappa shape index (κ3) is 5.94. The van der Waals surface area contributed by atoms with Crippen LogP contribution in [0.2, 0.25) is 0 Å². The summed E-state index contributed by atoms with van der Waals surface area (Å²) in [4.78, 5) is 17.0. The van der Waals surface area contributed by atoms with Gasteiger partial charge in [-0.25, -0.2) is 8.78 Å². The first-order valence-corrected chi connectivity index (χ1v) is 10.7. The number of hydrogen-bond acceptors (Lipinski definition) is 6. The highest BCUT2D eigenvalue weighted by Crippen LogP contribution is 2.34. The highest BCUT2D eigenvalue weighted by Gasteiger charge is 2.46. The van der Waals surface area contributed by atoms with Gasteiger partial charge in [0.1, 0.15) is 11.9 Å². The predicted molar refractivity (Wildman–Crippen MR) is 116 cm³/mol. The van der Waals surface area contributed by atoms with Gasteiger partial charge in [-0.1, -0.05) is 0 Å². The van der Waals surface area contributed by atoms with Crippen LogP contribution in [0.5, 0.6) is 5.75 Å². The van der Waals surface area contributed by atoms with Gasteiger partial charge in [0.05, 0.1) is 30.2 Å². The molecule has 2 N–H and O–H groups in total. The number of ether oxygens (including phenoxy) is 1. The highest BCUT2D eigenvalue weighted by atomic mass is 19.4. The quantitative estimate of drug-likeness (QED) is 0.616. The van der Waals surface area contributed by atoms with E-state index in [1.54, 1.807) is 18.3 Å². The molecule has 1 saturated carbocycles. The maximum absolute atomic E-state index is 13.9. The standard InChI is InChI=1S/C23H21F5N4O3/c24-22(25)9-1-4-18(20(22)33)30-21(34)15-11-19(31-32(13-15)16-3-2-10-29-12-16)14-5-7-17(8-6-14)35-23(26,27)28/h2-3,5-8,10-12,18,20,33H,1,4,9,13H2,(H,30,34)/t18-,20+/m0/s1. The van der Waals surface area contributed by atoms with E-state index < -0.39 is 42.5 Å². The van der Waals surface area contributed by atoms with Gasteiger partial charge in [0.25, 0.3) is 5.92 Å². The maximum atomic E-state index is 13.9. The van der Waals surface area contributed by atoms with Crippen LogP contribution in [-0.4, -0.2) is 52.7 Å². The van der Waals surface area contributed by atoms with Gasteiger partial charge in [-0.3, -0.25) is 14.8 Å². The molecule has 0 bridgehead atoms. The average molecular weight is 496 g/mol. The fourth-order valence-corrected chi connectivity index (χ4v) is 3.90. The third-order valence-electron chi connectivity index (χ3n) is 5.63. The summed E-state index contributed by atoms with van der Waals surface area (Å²) in [6.07, 6.45) is -2.48. The number of hydrazone groups is 1. The lowest BCUT2D eigenvalue weighted by Gasteiger charge is -2.35. The Bertz CT molecular complexity index is 1120. The third-order valence-corrected chi connectivity index (χ3v) is 5.63. The second-order valence-electron chi connectivity index (χ2n) is 8.17. The molecule has 1 aromatic heterocycles. The van der Waals surface area contributed by atoms with Crippen molar-refractivity contribution < 1.29 is 36.6 Å². The summed E-state index contributed by atoms with van der Waals surface area (Å²) in [6.45, 7) is -0.0184. The molecule has 4 rings (SSSR count). The SMILES string of the molecule is O=C(N[C@H]1CCCC(F)(F)[C@@H]1O)C1=CC(c2ccc(OC(F)(F)F)cc2)=NN(c2cccnc2)C1. The zero-order chi connectivity index (χ0) is 25.2. The van der Waals surface area contributed by atoms with E-state index >= 15 is 0 Å². The molecule has 2 atom stereocenters. The molecule has 2 aliphatic rings. The monoisotopic (exact) mass is 496 g/mol. The number of amides is 1. The fraction of sp³-hybridized carbons (Fsp3) is 0.348. The van der Waals surface area contributed by atoms with E-state index in [1.165, 1.54) is 29.4 Å². The number of aliphatic hydroxyl groups is 1. The Morgan fingerprint density at radius 3 is 2.60 bits per heavy atom. The number of nitrogens with one attached hydrogen (secondary N) is 1. The van der Waals surface area contributed by atoms with Gasteiger partial charge in [0.15, 0.2) is 0 Å². The molecule has 2 aromatic rings. The van der Waals surface area contributed by atoms with Crippen LogP contribution in [-0.2, 0) is 4.79 Å². The number of aliphatic hydroxyl groups excluding tert-OH is 1. The zero-order valence-corrected chi connectivity index (χ0v) is 18.2. The van der Waals surface area contributed by atoms with Crippen molar-refractivity contribution in [2.75, 3.05) is 11.6 Å². The maximum Gasteiger partial charge on any atom is 0.573 e. The lowest BCUT2D eigenvalue weighted by Crippen LogP contribution is -2.54. The molecule has 0 spiro atoms. The van der Waals surface area contributed by atoms with Crippen LogP contribution in [0.4, 0.5) is 27.6 Å². The summed E-state index contributed by atoms with van der Waals surface area (Å²) in [5, 5.41) is 18.4. The van der Waals surface area contributed by atoms with Crippen molar-refractivity contribution in [2.45, 2.75) is 43.7 Å². The number of hydrogen-bond donors (Lipinski definition) is 2. The van der Waals surface area contributed by atoms with Gasteiger partial charge in [-0.2, -0.15) is 5.10 Å². The minimum absolute atomic E-state index is 0.0184. The van der Waals surface area contributed by atoms with Crippen molar-refractivity contribution in [3.8, 4) is 5.75 Å². The van der Waals surface area contributed by atoms with Crippen molar-refractivity contribution in [2.24, 2.45) is 5.10 Å². The second-order valence-corrected chi connectivity index (χ2v) is 8.17. The Morgan fingerprint density at radius 1 is 1.20 bits per heavy atom. The van der Waals surface area contributed by atoms with Crippen LogP contribution in [0, 0.1) is 0 Å². The summed E-state index contributed by atoms with van der Waals surface area (Å²) < 4.78 is 69.1. The molecule has 2 heterocycles. The van der Waals surface area contributed by atoms with Crippen molar-refractivity contribution in [1.29, 1.82) is 0 Å². The minimum Gasteiger partial charge on any atom is -0.406 e. The van der Waals surface area contributed by atoms with E-state index in [9.17, 15) is 31.9 Å². The number of carbonyl (C=O) groups is 1. The number of aromatic nitrogens is 1. The first-order chi connectivity index (χ1) is 16.5. The number of allylic oxidation sites excluding steroid dienone is 1. The number of pyridine rings is 1. The van der Waals surface area contributed by atoms with Gasteiger partial charge >= 0.3 is 6.36 Å². The number of rotatable bonds is 5. The molecular formula is C23H21F5N4O3. The summed E-state index contributed by atoms with van der Waals surface area (Å²) in [5.41, 5.74) is 1.33. The molecular weight excluding hydrogens is 475 g/mol. The van der Waals surface area contributed by atoms with Crippen molar-refractivity contribution >= 4 is 17.3 Å². The molecule has 7 nitrogen and oxygen atoms in total. The average Bonchev–Trinajstić information content (AvgIpc) is 2.82. The van der Waals surface area contributed by atoms with Gasteiger partial charge in [-0.15, -0.1) is 13.2 Å². The Labute approximate surface area is 196 Å².